The normalized spacial score (nSPS) is 18.7. The first-order chi connectivity index (χ1) is 13.5. The molecule has 148 valence electrons. The molecular formula is C23H27NO4. The second kappa shape index (κ2) is 8.91. The number of rotatable bonds is 6. The van der Waals surface area contributed by atoms with Crippen LogP contribution in [0.15, 0.2) is 54.6 Å². The fraction of sp³-hybridized carbons (Fsp3) is 0.391. The quantitative estimate of drug-likeness (QED) is 0.685. The first-order valence-corrected chi connectivity index (χ1v) is 9.76. The Morgan fingerprint density at radius 2 is 1.61 bits per heavy atom. The Labute approximate surface area is 166 Å². The van der Waals surface area contributed by atoms with Gasteiger partial charge < -0.3 is 9.47 Å². The van der Waals surface area contributed by atoms with Gasteiger partial charge in [0.1, 0.15) is 18.8 Å². The number of hydrogen-bond donors (Lipinski definition) is 0. The van der Waals surface area contributed by atoms with E-state index < -0.39 is 11.6 Å². The average Bonchev–Trinajstić information content (AvgIpc) is 3.17. The molecule has 1 heterocycles. The van der Waals surface area contributed by atoms with Crippen molar-refractivity contribution in [1.82, 2.24) is 4.90 Å². The molecule has 2 aromatic carbocycles. The van der Waals surface area contributed by atoms with E-state index in [9.17, 15) is 9.59 Å². The molecule has 1 unspecified atom stereocenters. The zero-order valence-electron chi connectivity index (χ0n) is 16.5. The van der Waals surface area contributed by atoms with Crippen LogP contribution in [0.2, 0.25) is 0 Å². The summed E-state index contributed by atoms with van der Waals surface area (Å²) >= 11 is 0. The van der Waals surface area contributed by atoms with E-state index in [1.807, 2.05) is 68.4 Å². The maximum absolute atomic E-state index is 13.0. The Kier molecular flexibility index (Phi) is 6.34. The van der Waals surface area contributed by atoms with Gasteiger partial charge in [-0.1, -0.05) is 67.1 Å². The Morgan fingerprint density at radius 1 is 0.964 bits per heavy atom. The van der Waals surface area contributed by atoms with E-state index >= 15 is 0 Å². The zero-order valence-corrected chi connectivity index (χ0v) is 16.5. The van der Waals surface area contributed by atoms with E-state index in [0.29, 0.717) is 19.4 Å². The van der Waals surface area contributed by atoms with E-state index in [4.69, 9.17) is 9.47 Å². The lowest BCUT2D eigenvalue weighted by molar-refractivity contribution is -0.157. The third-order valence-corrected chi connectivity index (χ3v) is 5.37. The molecule has 1 fully saturated rings. The largest absolute Gasteiger partial charge is 0.459 e. The van der Waals surface area contributed by atoms with Gasteiger partial charge in [-0.05, 0) is 37.3 Å². The van der Waals surface area contributed by atoms with Crippen molar-refractivity contribution >= 4 is 12.1 Å². The molecule has 28 heavy (non-hydrogen) atoms. The first kappa shape index (κ1) is 19.9. The van der Waals surface area contributed by atoms with Crippen LogP contribution in [0.3, 0.4) is 0 Å². The summed E-state index contributed by atoms with van der Waals surface area (Å²) in [6, 6.07) is 17.4. The summed E-state index contributed by atoms with van der Waals surface area (Å²) in [6.45, 7) is 4.82. The smallest absolute Gasteiger partial charge is 0.411 e. The molecule has 0 saturated carbocycles. The van der Waals surface area contributed by atoms with Crippen LogP contribution in [0, 0.1) is 6.92 Å². The Hall–Kier alpha value is -2.82. The van der Waals surface area contributed by atoms with Gasteiger partial charge in [0, 0.05) is 6.54 Å². The number of likely N-dealkylation sites (tertiary alicyclic amines) is 1. The summed E-state index contributed by atoms with van der Waals surface area (Å²) in [5, 5.41) is 0. The van der Waals surface area contributed by atoms with E-state index in [1.54, 1.807) is 4.90 Å². The van der Waals surface area contributed by atoms with Crippen molar-refractivity contribution in [3.05, 3.63) is 71.3 Å². The molecule has 3 rings (SSSR count). The fourth-order valence-electron chi connectivity index (χ4n) is 3.63. The third-order valence-electron chi connectivity index (χ3n) is 5.37. The van der Waals surface area contributed by atoms with Gasteiger partial charge in [0.15, 0.2) is 0 Å². The summed E-state index contributed by atoms with van der Waals surface area (Å²) in [5.74, 6) is -0.357. The Balaban J connectivity index is 1.64. The molecule has 1 aliphatic heterocycles. The molecule has 0 aliphatic carbocycles. The molecule has 1 amide bonds. The minimum Gasteiger partial charge on any atom is -0.459 e. The third kappa shape index (κ3) is 4.35. The zero-order chi connectivity index (χ0) is 20.0. The summed E-state index contributed by atoms with van der Waals surface area (Å²) in [5.41, 5.74) is 2.06. The maximum Gasteiger partial charge on any atom is 0.411 e. The van der Waals surface area contributed by atoms with Crippen LogP contribution in [0.1, 0.15) is 42.9 Å². The average molecular weight is 381 g/mol. The number of hydrogen-bond acceptors (Lipinski definition) is 4. The molecule has 0 N–H and O–H groups in total. The number of carbonyl (C=O) groups is 2. The topological polar surface area (TPSA) is 55.8 Å². The van der Waals surface area contributed by atoms with Crippen LogP contribution in [-0.4, -0.2) is 29.0 Å². The highest BCUT2D eigenvalue weighted by Gasteiger charge is 2.50. The van der Waals surface area contributed by atoms with Gasteiger partial charge in [-0.15, -0.1) is 0 Å². The summed E-state index contributed by atoms with van der Waals surface area (Å²) in [4.78, 5) is 27.2. The monoisotopic (exact) mass is 381 g/mol. The number of benzene rings is 2. The number of aryl methyl sites for hydroxylation is 1. The molecule has 1 atom stereocenters. The van der Waals surface area contributed by atoms with Crippen LogP contribution in [-0.2, 0) is 27.5 Å². The highest BCUT2D eigenvalue weighted by atomic mass is 16.6. The van der Waals surface area contributed by atoms with Crippen molar-refractivity contribution in [2.45, 2.75) is 51.9 Å². The van der Waals surface area contributed by atoms with E-state index in [-0.39, 0.29) is 19.2 Å². The van der Waals surface area contributed by atoms with Crippen molar-refractivity contribution in [3.8, 4) is 0 Å². The van der Waals surface area contributed by atoms with Gasteiger partial charge >= 0.3 is 12.1 Å². The summed E-state index contributed by atoms with van der Waals surface area (Å²) in [6.07, 6.45) is 1.39. The van der Waals surface area contributed by atoms with Crippen LogP contribution < -0.4 is 0 Å². The molecule has 0 aromatic heterocycles. The molecule has 0 spiro atoms. The maximum atomic E-state index is 13.0. The highest BCUT2D eigenvalue weighted by molar-refractivity contribution is 5.86. The van der Waals surface area contributed by atoms with Crippen LogP contribution in [0.25, 0.3) is 0 Å². The van der Waals surface area contributed by atoms with Crippen molar-refractivity contribution in [1.29, 1.82) is 0 Å². The minimum absolute atomic E-state index is 0.189. The number of esters is 1. The molecule has 1 saturated heterocycles. The lowest BCUT2D eigenvalue weighted by atomic mass is 9.93. The number of nitrogens with zero attached hydrogens (tertiary/aromatic N) is 1. The van der Waals surface area contributed by atoms with Gasteiger partial charge in [-0.3, -0.25) is 4.90 Å². The van der Waals surface area contributed by atoms with E-state index in [1.165, 1.54) is 0 Å². The number of ether oxygens (including phenoxy) is 2. The number of amides is 1. The number of carbonyl (C=O) groups excluding carboxylic acids is 2. The molecule has 5 nitrogen and oxygen atoms in total. The SMILES string of the molecule is CCC1(C(=O)OCc2ccc(C)cc2)CCCN1C(=O)OCc1ccccc1. The predicted octanol–water partition coefficient (Wildman–Crippen LogP) is 4.62. The predicted molar refractivity (Wildman–Crippen MR) is 107 cm³/mol. The lowest BCUT2D eigenvalue weighted by Gasteiger charge is -2.34. The minimum atomic E-state index is -0.946. The molecule has 0 radical (unpaired) electrons. The molecule has 0 bridgehead atoms. The standard InChI is InChI=1S/C23H27NO4/c1-3-23(21(25)27-16-20-12-10-18(2)11-13-20)14-7-15-24(23)22(26)28-17-19-8-5-4-6-9-19/h4-6,8-13H,3,7,14-17H2,1-2H3. The first-order valence-electron chi connectivity index (χ1n) is 9.76. The van der Waals surface area contributed by atoms with E-state index in [2.05, 4.69) is 0 Å². The van der Waals surface area contributed by atoms with Gasteiger partial charge in [0.25, 0.3) is 0 Å². The van der Waals surface area contributed by atoms with Crippen molar-refractivity contribution in [2.75, 3.05) is 6.54 Å². The second-order valence-corrected chi connectivity index (χ2v) is 7.24. The van der Waals surface area contributed by atoms with Crippen LogP contribution in [0.4, 0.5) is 4.79 Å². The molecule has 1 aliphatic rings. The fourth-order valence-corrected chi connectivity index (χ4v) is 3.63. The molecule has 5 heteroatoms. The second-order valence-electron chi connectivity index (χ2n) is 7.24. The summed E-state index contributed by atoms with van der Waals surface area (Å²) < 4.78 is 11.1. The highest BCUT2D eigenvalue weighted by Crippen LogP contribution is 2.34. The van der Waals surface area contributed by atoms with Crippen LogP contribution >= 0.6 is 0 Å². The lowest BCUT2D eigenvalue weighted by Crippen LogP contribution is -2.53. The van der Waals surface area contributed by atoms with Gasteiger partial charge in [0.05, 0.1) is 0 Å². The Morgan fingerprint density at radius 3 is 2.29 bits per heavy atom. The Bertz CT molecular complexity index is 803. The van der Waals surface area contributed by atoms with Gasteiger partial charge in [-0.2, -0.15) is 0 Å². The molecule has 2 aromatic rings. The van der Waals surface area contributed by atoms with Gasteiger partial charge in [-0.25, -0.2) is 9.59 Å². The van der Waals surface area contributed by atoms with Crippen molar-refractivity contribution in [2.24, 2.45) is 0 Å². The van der Waals surface area contributed by atoms with E-state index in [0.717, 1.165) is 23.1 Å². The van der Waals surface area contributed by atoms with Crippen LogP contribution in [0.5, 0.6) is 0 Å². The molecular weight excluding hydrogens is 354 g/mol. The summed E-state index contributed by atoms with van der Waals surface area (Å²) in [7, 11) is 0. The van der Waals surface area contributed by atoms with Crippen molar-refractivity contribution in [3.63, 3.8) is 0 Å². The van der Waals surface area contributed by atoms with Gasteiger partial charge in [0.2, 0.25) is 0 Å². The van der Waals surface area contributed by atoms with Crippen molar-refractivity contribution < 1.29 is 19.1 Å².